The van der Waals surface area contributed by atoms with Crippen LogP contribution in [0.3, 0.4) is 0 Å². The van der Waals surface area contributed by atoms with Gasteiger partial charge in [0.05, 0.1) is 0 Å². The highest BCUT2D eigenvalue weighted by atomic mass is 15.2. The van der Waals surface area contributed by atoms with E-state index in [4.69, 9.17) is 5.73 Å². The van der Waals surface area contributed by atoms with E-state index in [9.17, 15) is 0 Å². The Morgan fingerprint density at radius 1 is 1.21 bits per heavy atom. The number of nitrogens with zero attached hydrogens (tertiary/aromatic N) is 3. The Hall–Kier alpha value is -2.10. The molecule has 1 heterocycles. The fourth-order valence-corrected chi connectivity index (χ4v) is 2.20. The topological polar surface area (TPSA) is 55.0 Å². The molecule has 19 heavy (non-hydrogen) atoms. The van der Waals surface area contributed by atoms with Crippen molar-refractivity contribution in [3.63, 3.8) is 0 Å². The molecule has 1 saturated carbocycles. The zero-order valence-electron chi connectivity index (χ0n) is 11.1. The van der Waals surface area contributed by atoms with E-state index in [-0.39, 0.29) is 0 Å². The summed E-state index contributed by atoms with van der Waals surface area (Å²) in [6.07, 6.45) is 4.14. The van der Waals surface area contributed by atoms with E-state index in [2.05, 4.69) is 33.1 Å². The van der Waals surface area contributed by atoms with Crippen molar-refractivity contribution >= 4 is 11.5 Å². The average molecular weight is 254 g/mol. The molecule has 0 amide bonds. The van der Waals surface area contributed by atoms with Gasteiger partial charge in [0.25, 0.3) is 0 Å². The number of nitrogens with two attached hydrogens (primary N) is 1. The van der Waals surface area contributed by atoms with E-state index in [1.165, 1.54) is 18.4 Å². The fraction of sp³-hybridized carbons (Fsp3) is 0.333. The Morgan fingerprint density at radius 2 is 1.95 bits per heavy atom. The van der Waals surface area contributed by atoms with Crippen molar-refractivity contribution in [1.29, 1.82) is 0 Å². The van der Waals surface area contributed by atoms with Crippen molar-refractivity contribution in [3.8, 4) is 0 Å². The Morgan fingerprint density at radius 3 is 2.58 bits per heavy atom. The van der Waals surface area contributed by atoms with Crippen molar-refractivity contribution in [1.82, 2.24) is 9.97 Å². The molecule has 1 aromatic carbocycles. The molecule has 0 bridgehead atoms. The fourth-order valence-electron chi connectivity index (χ4n) is 2.20. The Labute approximate surface area is 113 Å². The minimum absolute atomic E-state index is 0.617. The summed E-state index contributed by atoms with van der Waals surface area (Å²) in [5, 5.41) is 0. The molecule has 4 nitrogen and oxygen atoms in total. The minimum atomic E-state index is 0.617. The molecule has 1 fully saturated rings. The summed E-state index contributed by atoms with van der Waals surface area (Å²) < 4.78 is 0. The lowest BCUT2D eigenvalue weighted by molar-refractivity contribution is 0.773. The number of hydrogen-bond acceptors (Lipinski definition) is 4. The second-order valence-corrected chi connectivity index (χ2v) is 5.12. The standard InChI is InChI=1S/C15H18N4/c1-11-8-15(18-10-17-11)19(14-6-7-14)9-12-2-4-13(16)5-3-12/h2-5,8,10,14H,6-7,9,16H2,1H3. The van der Waals surface area contributed by atoms with Gasteiger partial charge < -0.3 is 10.6 Å². The van der Waals surface area contributed by atoms with Crippen LogP contribution in [0.4, 0.5) is 11.5 Å². The lowest BCUT2D eigenvalue weighted by Crippen LogP contribution is -2.26. The van der Waals surface area contributed by atoms with Gasteiger partial charge in [-0.1, -0.05) is 12.1 Å². The zero-order valence-corrected chi connectivity index (χ0v) is 11.1. The molecule has 3 rings (SSSR count). The number of hydrogen-bond donors (Lipinski definition) is 1. The zero-order chi connectivity index (χ0) is 13.2. The Balaban J connectivity index is 1.83. The van der Waals surface area contributed by atoms with Crippen molar-refractivity contribution in [2.24, 2.45) is 0 Å². The van der Waals surface area contributed by atoms with Crippen LogP contribution in [0, 0.1) is 6.92 Å². The molecule has 0 atom stereocenters. The Kier molecular flexibility index (Phi) is 3.07. The number of rotatable bonds is 4. The van der Waals surface area contributed by atoms with Crippen LogP contribution in [0.2, 0.25) is 0 Å². The van der Waals surface area contributed by atoms with Crippen LogP contribution in [0.15, 0.2) is 36.7 Å². The molecule has 0 spiro atoms. The van der Waals surface area contributed by atoms with E-state index < -0.39 is 0 Å². The minimum Gasteiger partial charge on any atom is -0.399 e. The molecular formula is C15H18N4. The predicted molar refractivity (Wildman–Crippen MR) is 76.8 cm³/mol. The summed E-state index contributed by atoms with van der Waals surface area (Å²) in [6.45, 7) is 2.88. The molecule has 2 aromatic rings. The molecule has 0 saturated heterocycles. The van der Waals surface area contributed by atoms with Gasteiger partial charge in [-0.15, -0.1) is 0 Å². The quantitative estimate of drug-likeness (QED) is 0.852. The van der Waals surface area contributed by atoms with Gasteiger partial charge in [0.1, 0.15) is 12.1 Å². The second-order valence-electron chi connectivity index (χ2n) is 5.12. The normalized spacial score (nSPS) is 14.4. The van der Waals surface area contributed by atoms with E-state index >= 15 is 0 Å². The molecule has 0 radical (unpaired) electrons. The van der Waals surface area contributed by atoms with Gasteiger partial charge in [-0.05, 0) is 37.5 Å². The number of benzene rings is 1. The van der Waals surface area contributed by atoms with Gasteiger partial charge >= 0.3 is 0 Å². The Bertz CT molecular complexity index is 561. The molecule has 4 heteroatoms. The number of aryl methyl sites for hydroxylation is 1. The molecule has 1 aliphatic rings. The SMILES string of the molecule is Cc1cc(N(Cc2ccc(N)cc2)C2CC2)ncn1. The molecule has 1 aromatic heterocycles. The van der Waals surface area contributed by atoms with Gasteiger partial charge in [-0.25, -0.2) is 9.97 Å². The maximum absolute atomic E-state index is 5.73. The lowest BCUT2D eigenvalue weighted by atomic mass is 10.2. The highest BCUT2D eigenvalue weighted by Gasteiger charge is 2.30. The summed E-state index contributed by atoms with van der Waals surface area (Å²) in [6, 6.07) is 10.7. The van der Waals surface area contributed by atoms with Gasteiger partial charge in [-0.2, -0.15) is 0 Å². The number of nitrogen functional groups attached to an aromatic ring is 1. The summed E-state index contributed by atoms with van der Waals surface area (Å²) in [5.74, 6) is 1.02. The third kappa shape index (κ3) is 2.84. The smallest absolute Gasteiger partial charge is 0.132 e. The second kappa shape index (κ2) is 4.88. The molecule has 2 N–H and O–H groups in total. The lowest BCUT2D eigenvalue weighted by Gasteiger charge is -2.23. The first-order chi connectivity index (χ1) is 9.22. The van der Waals surface area contributed by atoms with Crippen LogP contribution in [0.5, 0.6) is 0 Å². The maximum Gasteiger partial charge on any atom is 0.132 e. The molecular weight excluding hydrogens is 236 g/mol. The molecule has 0 aliphatic heterocycles. The van der Waals surface area contributed by atoms with Crippen molar-refractivity contribution in [3.05, 3.63) is 47.9 Å². The van der Waals surface area contributed by atoms with Crippen molar-refractivity contribution in [2.45, 2.75) is 32.4 Å². The third-order valence-corrected chi connectivity index (χ3v) is 3.40. The van der Waals surface area contributed by atoms with Crippen LogP contribution in [-0.2, 0) is 6.54 Å². The van der Waals surface area contributed by atoms with Gasteiger partial charge in [0.15, 0.2) is 0 Å². The average Bonchev–Trinajstić information content (AvgIpc) is 3.22. The van der Waals surface area contributed by atoms with Crippen LogP contribution < -0.4 is 10.6 Å². The molecule has 0 unspecified atom stereocenters. The van der Waals surface area contributed by atoms with Gasteiger partial charge in [0, 0.05) is 30.0 Å². The predicted octanol–water partition coefficient (Wildman–Crippen LogP) is 2.54. The van der Waals surface area contributed by atoms with E-state index in [0.29, 0.717) is 6.04 Å². The molecule has 1 aliphatic carbocycles. The van der Waals surface area contributed by atoms with E-state index in [0.717, 1.165) is 23.7 Å². The third-order valence-electron chi connectivity index (χ3n) is 3.40. The first kappa shape index (κ1) is 12.0. The van der Waals surface area contributed by atoms with Crippen LogP contribution in [0.1, 0.15) is 24.1 Å². The summed E-state index contributed by atoms with van der Waals surface area (Å²) in [7, 11) is 0. The van der Waals surface area contributed by atoms with Crippen molar-refractivity contribution < 1.29 is 0 Å². The van der Waals surface area contributed by atoms with E-state index in [1.54, 1.807) is 6.33 Å². The maximum atomic E-state index is 5.73. The number of anilines is 2. The highest BCUT2D eigenvalue weighted by Crippen LogP contribution is 2.32. The van der Waals surface area contributed by atoms with Crippen molar-refractivity contribution in [2.75, 3.05) is 10.6 Å². The highest BCUT2D eigenvalue weighted by molar-refractivity contribution is 5.45. The summed E-state index contributed by atoms with van der Waals surface area (Å²) >= 11 is 0. The number of aromatic nitrogens is 2. The first-order valence-corrected chi connectivity index (χ1v) is 6.62. The molecule has 98 valence electrons. The largest absolute Gasteiger partial charge is 0.399 e. The summed E-state index contributed by atoms with van der Waals surface area (Å²) in [4.78, 5) is 10.9. The summed E-state index contributed by atoms with van der Waals surface area (Å²) in [5.41, 5.74) is 8.80. The van der Waals surface area contributed by atoms with Crippen LogP contribution in [0.25, 0.3) is 0 Å². The first-order valence-electron chi connectivity index (χ1n) is 6.62. The van der Waals surface area contributed by atoms with Gasteiger partial charge in [0.2, 0.25) is 0 Å². The van der Waals surface area contributed by atoms with Crippen LogP contribution >= 0.6 is 0 Å². The monoisotopic (exact) mass is 254 g/mol. The van der Waals surface area contributed by atoms with E-state index in [1.807, 2.05) is 19.1 Å². The van der Waals surface area contributed by atoms with Crippen LogP contribution in [-0.4, -0.2) is 16.0 Å². The van der Waals surface area contributed by atoms with Gasteiger partial charge in [-0.3, -0.25) is 0 Å².